The monoisotopic (exact) mass is 261 g/mol. The molecule has 98 valence electrons. The first-order valence-corrected chi connectivity index (χ1v) is 5.28. The van der Waals surface area contributed by atoms with Crippen LogP contribution in [0, 0.1) is 11.8 Å². The molecule has 2 nitrogen and oxygen atoms in total. The lowest BCUT2D eigenvalue weighted by molar-refractivity contribution is -0.186. The van der Waals surface area contributed by atoms with Gasteiger partial charge in [-0.3, -0.25) is 0 Å². The largest absolute Gasteiger partial charge is 0.391 e. The van der Waals surface area contributed by atoms with Crippen LogP contribution in [0.1, 0.15) is 25.7 Å². The van der Waals surface area contributed by atoms with Gasteiger partial charge in [-0.05, 0) is 31.6 Å². The number of alkyl halides is 3. The highest BCUT2D eigenvalue weighted by Gasteiger charge is 2.42. The quantitative estimate of drug-likeness (QED) is 0.848. The summed E-state index contributed by atoms with van der Waals surface area (Å²) in [5.74, 6) is -0.928. The van der Waals surface area contributed by atoms with Gasteiger partial charge in [-0.15, -0.1) is 12.4 Å². The fourth-order valence-corrected chi connectivity index (χ4v) is 2.30. The lowest BCUT2D eigenvalue weighted by Crippen LogP contribution is -2.36. The molecule has 2 N–H and O–H groups in total. The van der Waals surface area contributed by atoms with E-state index >= 15 is 0 Å². The first-order valence-electron chi connectivity index (χ1n) is 5.28. The van der Waals surface area contributed by atoms with Crippen molar-refractivity contribution in [2.75, 3.05) is 13.7 Å². The van der Waals surface area contributed by atoms with Crippen LogP contribution < -0.4 is 5.73 Å². The fraction of sp³-hybridized carbons (Fsp3) is 1.00. The minimum absolute atomic E-state index is 0. The Bertz CT molecular complexity index is 189. The summed E-state index contributed by atoms with van der Waals surface area (Å²) in [4.78, 5) is 0. The van der Waals surface area contributed by atoms with E-state index in [4.69, 9.17) is 10.5 Å². The van der Waals surface area contributed by atoms with E-state index in [9.17, 15) is 13.2 Å². The maximum Gasteiger partial charge on any atom is 0.391 e. The molecule has 1 fully saturated rings. The highest BCUT2D eigenvalue weighted by Crippen LogP contribution is 2.40. The second-order valence-electron chi connectivity index (χ2n) is 4.16. The second-order valence-corrected chi connectivity index (χ2v) is 4.16. The fourth-order valence-electron chi connectivity index (χ4n) is 2.30. The van der Waals surface area contributed by atoms with Gasteiger partial charge in [0.15, 0.2) is 0 Å². The molecule has 0 aliphatic heterocycles. The molecule has 1 aliphatic carbocycles. The van der Waals surface area contributed by atoms with Crippen LogP contribution in [0.3, 0.4) is 0 Å². The molecule has 0 radical (unpaired) electrons. The summed E-state index contributed by atoms with van der Waals surface area (Å²) in [5.41, 5.74) is 5.49. The minimum atomic E-state index is -4.03. The van der Waals surface area contributed by atoms with Gasteiger partial charge in [0.1, 0.15) is 0 Å². The van der Waals surface area contributed by atoms with Crippen molar-refractivity contribution in [3.63, 3.8) is 0 Å². The van der Waals surface area contributed by atoms with E-state index in [1.165, 1.54) is 0 Å². The van der Waals surface area contributed by atoms with Gasteiger partial charge in [-0.25, -0.2) is 0 Å². The van der Waals surface area contributed by atoms with Crippen molar-refractivity contribution in [3.8, 4) is 0 Å². The topological polar surface area (TPSA) is 35.2 Å². The SMILES string of the molecule is COC(CN)C1CCC(C(F)(F)F)CC1.Cl. The van der Waals surface area contributed by atoms with Crippen LogP contribution in [-0.4, -0.2) is 25.9 Å². The molecule has 0 amide bonds. The Morgan fingerprint density at radius 2 is 1.75 bits per heavy atom. The lowest BCUT2D eigenvalue weighted by atomic mass is 9.79. The molecular formula is C10H19ClF3NO. The van der Waals surface area contributed by atoms with Crippen molar-refractivity contribution in [2.24, 2.45) is 17.6 Å². The Morgan fingerprint density at radius 3 is 2.06 bits per heavy atom. The van der Waals surface area contributed by atoms with Crippen LogP contribution in [0.5, 0.6) is 0 Å². The van der Waals surface area contributed by atoms with Crippen LogP contribution >= 0.6 is 12.4 Å². The number of hydrogen-bond acceptors (Lipinski definition) is 2. The minimum Gasteiger partial charge on any atom is -0.380 e. The van der Waals surface area contributed by atoms with Gasteiger partial charge in [0.2, 0.25) is 0 Å². The van der Waals surface area contributed by atoms with E-state index in [2.05, 4.69) is 0 Å². The highest BCUT2D eigenvalue weighted by atomic mass is 35.5. The Balaban J connectivity index is 0.00000225. The van der Waals surface area contributed by atoms with Crippen molar-refractivity contribution < 1.29 is 17.9 Å². The molecule has 0 bridgehead atoms. The molecule has 1 rings (SSSR count). The van der Waals surface area contributed by atoms with Crippen molar-refractivity contribution in [1.29, 1.82) is 0 Å². The van der Waals surface area contributed by atoms with Crippen LogP contribution in [0.2, 0.25) is 0 Å². The third-order valence-electron chi connectivity index (χ3n) is 3.30. The number of halogens is 4. The Hall–Kier alpha value is -0.0000000000000000555. The Labute approximate surface area is 100 Å². The van der Waals surface area contributed by atoms with E-state index in [1.54, 1.807) is 7.11 Å². The maximum absolute atomic E-state index is 12.4. The van der Waals surface area contributed by atoms with Crippen molar-refractivity contribution in [1.82, 2.24) is 0 Å². The van der Waals surface area contributed by atoms with Crippen LogP contribution in [-0.2, 0) is 4.74 Å². The Morgan fingerprint density at radius 1 is 1.25 bits per heavy atom. The average Bonchev–Trinajstić information content (AvgIpc) is 2.19. The first-order chi connectivity index (χ1) is 6.99. The van der Waals surface area contributed by atoms with Crippen molar-refractivity contribution >= 4 is 12.4 Å². The number of methoxy groups -OCH3 is 1. The van der Waals surface area contributed by atoms with E-state index in [0.29, 0.717) is 19.4 Å². The van der Waals surface area contributed by atoms with E-state index in [0.717, 1.165) is 0 Å². The summed E-state index contributed by atoms with van der Waals surface area (Å²) in [6.07, 6.45) is -2.54. The van der Waals surface area contributed by atoms with E-state index in [-0.39, 0.29) is 37.3 Å². The summed E-state index contributed by atoms with van der Waals surface area (Å²) in [7, 11) is 1.56. The summed E-state index contributed by atoms with van der Waals surface area (Å²) in [6.45, 7) is 0.387. The third kappa shape index (κ3) is 4.11. The molecular weight excluding hydrogens is 243 g/mol. The van der Waals surface area contributed by atoms with Crippen molar-refractivity contribution in [3.05, 3.63) is 0 Å². The molecule has 0 heterocycles. The van der Waals surface area contributed by atoms with Gasteiger partial charge >= 0.3 is 6.18 Å². The maximum atomic E-state index is 12.4. The average molecular weight is 262 g/mol. The summed E-state index contributed by atoms with van der Waals surface area (Å²) in [5, 5.41) is 0. The molecule has 1 unspecified atom stereocenters. The first kappa shape index (κ1) is 16.0. The molecule has 0 saturated heterocycles. The number of nitrogens with two attached hydrogens (primary N) is 1. The molecule has 16 heavy (non-hydrogen) atoms. The number of rotatable bonds is 3. The second kappa shape index (κ2) is 6.67. The van der Waals surface area contributed by atoms with E-state index < -0.39 is 12.1 Å². The third-order valence-corrected chi connectivity index (χ3v) is 3.30. The smallest absolute Gasteiger partial charge is 0.380 e. The molecule has 1 aliphatic rings. The molecule has 0 aromatic rings. The van der Waals surface area contributed by atoms with E-state index in [1.807, 2.05) is 0 Å². The van der Waals surface area contributed by atoms with Crippen LogP contribution in [0.4, 0.5) is 13.2 Å². The molecule has 0 spiro atoms. The molecule has 6 heteroatoms. The number of ether oxygens (including phenoxy) is 1. The van der Waals surface area contributed by atoms with Gasteiger partial charge < -0.3 is 10.5 Å². The van der Waals surface area contributed by atoms with Crippen LogP contribution in [0.25, 0.3) is 0 Å². The molecule has 1 atom stereocenters. The van der Waals surface area contributed by atoms with Crippen LogP contribution in [0.15, 0.2) is 0 Å². The molecule has 0 aromatic carbocycles. The van der Waals surface area contributed by atoms with Gasteiger partial charge in [0.25, 0.3) is 0 Å². The zero-order valence-electron chi connectivity index (χ0n) is 9.30. The van der Waals surface area contributed by atoms with Gasteiger partial charge in [0.05, 0.1) is 12.0 Å². The highest BCUT2D eigenvalue weighted by molar-refractivity contribution is 5.85. The Kier molecular flexibility index (Phi) is 6.67. The number of hydrogen-bond donors (Lipinski definition) is 1. The van der Waals surface area contributed by atoms with Gasteiger partial charge in [0, 0.05) is 13.7 Å². The van der Waals surface area contributed by atoms with Gasteiger partial charge in [-0.1, -0.05) is 0 Å². The standard InChI is InChI=1S/C10H18F3NO.ClH/c1-15-9(6-14)7-2-4-8(5-3-7)10(11,12)13;/h7-9H,2-6,14H2,1H3;1H. The zero-order valence-corrected chi connectivity index (χ0v) is 10.1. The predicted molar refractivity (Wildman–Crippen MR) is 58.6 cm³/mol. The summed E-state index contributed by atoms with van der Waals surface area (Å²) < 4.78 is 42.3. The summed E-state index contributed by atoms with van der Waals surface area (Å²) in [6, 6.07) is 0. The molecule has 1 saturated carbocycles. The summed E-state index contributed by atoms with van der Waals surface area (Å²) >= 11 is 0. The van der Waals surface area contributed by atoms with Crippen molar-refractivity contribution in [2.45, 2.75) is 38.0 Å². The lowest BCUT2D eigenvalue weighted by Gasteiger charge is -2.33. The molecule has 0 aromatic heterocycles. The normalized spacial score (nSPS) is 28.3. The van der Waals surface area contributed by atoms with Gasteiger partial charge in [-0.2, -0.15) is 13.2 Å². The zero-order chi connectivity index (χ0) is 11.5. The predicted octanol–water partition coefficient (Wildman–Crippen LogP) is 2.75.